The number of aromatic amines is 1. The molecule has 0 aliphatic rings. The van der Waals surface area contributed by atoms with Gasteiger partial charge in [0.05, 0.1) is 10.7 Å². The van der Waals surface area contributed by atoms with E-state index in [1.54, 1.807) is 31.4 Å². The molecule has 0 unspecified atom stereocenters. The van der Waals surface area contributed by atoms with Crippen LogP contribution in [0.2, 0.25) is 0 Å². The molecule has 1 N–H and O–H groups in total. The Bertz CT molecular complexity index is 488. The summed E-state index contributed by atoms with van der Waals surface area (Å²) >= 11 is 0. The van der Waals surface area contributed by atoms with Crippen molar-refractivity contribution < 1.29 is 0 Å². The summed E-state index contributed by atoms with van der Waals surface area (Å²) in [5, 5.41) is 1.56. The van der Waals surface area contributed by atoms with Crippen LogP contribution < -0.4 is 16.4 Å². The van der Waals surface area contributed by atoms with Crippen LogP contribution in [0.4, 0.5) is 0 Å². The molecular weight excluding hydrogens is 164 g/mol. The molecule has 3 heteroatoms. The van der Waals surface area contributed by atoms with Gasteiger partial charge in [-0.1, -0.05) is 25.3 Å². The van der Waals surface area contributed by atoms with E-state index in [0.29, 0.717) is 0 Å². The third kappa shape index (κ3) is 1.69. The second-order valence-corrected chi connectivity index (χ2v) is 2.59. The lowest BCUT2D eigenvalue weighted by Crippen LogP contribution is -2.29. The fourth-order valence-corrected chi connectivity index (χ4v) is 1.11. The van der Waals surface area contributed by atoms with Gasteiger partial charge in [-0.15, -0.1) is 0 Å². The predicted octanol–water partition coefficient (Wildman–Crippen LogP) is -0.354. The third-order valence-electron chi connectivity index (χ3n) is 1.74. The van der Waals surface area contributed by atoms with Crippen LogP contribution in [0.15, 0.2) is 30.1 Å². The second-order valence-electron chi connectivity index (χ2n) is 2.59. The van der Waals surface area contributed by atoms with Gasteiger partial charge in [0.15, 0.2) is 0 Å². The fourth-order valence-electron chi connectivity index (χ4n) is 1.11. The number of aromatic nitrogens is 2. The molecule has 0 bridgehead atoms. The summed E-state index contributed by atoms with van der Waals surface area (Å²) in [6.45, 7) is 7.15. The average molecular weight is 176 g/mol. The molecule has 1 rings (SSSR count). The Morgan fingerprint density at radius 3 is 2.46 bits per heavy atom. The molecule has 1 heterocycles. The molecule has 0 atom stereocenters. The minimum atomic E-state index is -0.138. The maximum absolute atomic E-state index is 11.2. The number of hydrogen-bond donors (Lipinski definition) is 1. The first-order valence-corrected chi connectivity index (χ1v) is 3.91. The molecule has 0 fully saturated rings. The number of H-pyrrole nitrogens is 1. The third-order valence-corrected chi connectivity index (χ3v) is 1.74. The van der Waals surface area contributed by atoms with E-state index >= 15 is 0 Å². The van der Waals surface area contributed by atoms with E-state index in [1.807, 2.05) is 0 Å². The maximum atomic E-state index is 11.2. The molecule has 0 aliphatic heterocycles. The molecule has 3 nitrogen and oxygen atoms in total. The van der Waals surface area contributed by atoms with E-state index in [9.17, 15) is 4.79 Å². The number of rotatable bonds is 2. The lowest BCUT2D eigenvalue weighted by molar-refractivity contribution is 0.836. The quantitative estimate of drug-likeness (QED) is 0.657. The monoisotopic (exact) mass is 176 g/mol. The summed E-state index contributed by atoms with van der Waals surface area (Å²) in [6.07, 6.45) is 6.79. The second kappa shape index (κ2) is 3.76. The smallest absolute Gasteiger partial charge is 0.306 e. The molecule has 0 amide bonds. The van der Waals surface area contributed by atoms with Crippen molar-refractivity contribution in [3.8, 4) is 0 Å². The molecule has 1 aromatic rings. The van der Waals surface area contributed by atoms with Crippen molar-refractivity contribution >= 4 is 12.2 Å². The number of imidazole rings is 1. The van der Waals surface area contributed by atoms with Crippen molar-refractivity contribution in [2.45, 2.75) is 0 Å². The first kappa shape index (κ1) is 9.32. The Kier molecular flexibility index (Phi) is 2.69. The molecule has 0 saturated heterocycles. The van der Waals surface area contributed by atoms with Crippen LogP contribution >= 0.6 is 0 Å². The molecule has 68 valence electrons. The zero-order valence-electron chi connectivity index (χ0n) is 7.58. The Balaban J connectivity index is 3.74. The van der Waals surface area contributed by atoms with Crippen molar-refractivity contribution in [2.75, 3.05) is 0 Å². The van der Waals surface area contributed by atoms with Gasteiger partial charge in [-0.25, -0.2) is 4.79 Å². The van der Waals surface area contributed by atoms with Crippen LogP contribution in [0.3, 0.4) is 0 Å². The number of hydrogen-bond acceptors (Lipinski definition) is 1. The Morgan fingerprint density at radius 1 is 1.31 bits per heavy atom. The van der Waals surface area contributed by atoms with Crippen LogP contribution in [0, 0.1) is 0 Å². The molecule has 0 spiro atoms. The van der Waals surface area contributed by atoms with Crippen LogP contribution in [0.25, 0.3) is 12.2 Å². The van der Waals surface area contributed by atoms with Crippen LogP contribution in [0.1, 0.15) is 0 Å². The minimum Gasteiger partial charge on any atom is -0.306 e. The summed E-state index contributed by atoms with van der Waals surface area (Å²) in [4.78, 5) is 13.9. The van der Waals surface area contributed by atoms with E-state index in [-0.39, 0.29) is 5.69 Å². The highest BCUT2D eigenvalue weighted by molar-refractivity contribution is 5.38. The van der Waals surface area contributed by atoms with E-state index < -0.39 is 0 Å². The summed E-state index contributed by atoms with van der Waals surface area (Å²) < 4.78 is 1.52. The van der Waals surface area contributed by atoms with Crippen molar-refractivity contribution in [1.29, 1.82) is 0 Å². The summed E-state index contributed by atoms with van der Waals surface area (Å²) in [6, 6.07) is 0. The van der Waals surface area contributed by atoms with Crippen LogP contribution in [-0.4, -0.2) is 9.55 Å². The van der Waals surface area contributed by atoms with Gasteiger partial charge < -0.3 is 4.98 Å². The highest BCUT2D eigenvalue weighted by Gasteiger charge is 1.94. The normalized spacial score (nSPS) is 13.3. The Labute approximate surface area is 76.0 Å². The molecule has 13 heavy (non-hydrogen) atoms. The molecule has 0 saturated carbocycles. The van der Waals surface area contributed by atoms with Gasteiger partial charge >= 0.3 is 5.69 Å². The topological polar surface area (TPSA) is 37.8 Å². The summed E-state index contributed by atoms with van der Waals surface area (Å²) in [5.74, 6) is 0. The van der Waals surface area contributed by atoms with E-state index in [2.05, 4.69) is 18.1 Å². The van der Waals surface area contributed by atoms with E-state index in [1.165, 1.54) is 4.57 Å². The van der Waals surface area contributed by atoms with Gasteiger partial charge in [0, 0.05) is 7.05 Å². The van der Waals surface area contributed by atoms with Gasteiger partial charge in [-0.2, -0.15) is 0 Å². The van der Waals surface area contributed by atoms with Crippen molar-refractivity contribution in [3.63, 3.8) is 0 Å². The van der Waals surface area contributed by atoms with Crippen molar-refractivity contribution in [2.24, 2.45) is 7.05 Å². The fraction of sp³-hybridized carbons (Fsp3) is 0.100. The molecular formula is C10H12N2O. The molecule has 1 aromatic heterocycles. The number of nitrogens with one attached hydrogen (secondary N) is 1. The van der Waals surface area contributed by atoms with Gasteiger partial charge in [0.2, 0.25) is 0 Å². The average Bonchev–Trinajstić information content (AvgIpc) is 2.34. The first-order chi connectivity index (χ1) is 6.20. The first-order valence-electron chi connectivity index (χ1n) is 3.91. The van der Waals surface area contributed by atoms with Crippen molar-refractivity contribution in [1.82, 2.24) is 9.55 Å². The maximum Gasteiger partial charge on any atom is 0.326 e. The number of allylic oxidation sites excluding steroid dienone is 2. The summed E-state index contributed by atoms with van der Waals surface area (Å²) in [5.41, 5.74) is -0.138. The lowest BCUT2D eigenvalue weighted by Gasteiger charge is -1.84. The largest absolute Gasteiger partial charge is 0.326 e. The highest BCUT2D eigenvalue weighted by Crippen LogP contribution is 1.65. The van der Waals surface area contributed by atoms with Crippen LogP contribution in [-0.2, 0) is 7.05 Å². The Morgan fingerprint density at radius 2 is 1.92 bits per heavy atom. The summed E-state index contributed by atoms with van der Waals surface area (Å²) in [7, 11) is 1.70. The zero-order chi connectivity index (χ0) is 9.84. The van der Waals surface area contributed by atoms with Crippen LogP contribution in [0.5, 0.6) is 0 Å². The minimum absolute atomic E-state index is 0.138. The molecule has 0 aromatic carbocycles. The molecule has 0 aliphatic carbocycles. The van der Waals surface area contributed by atoms with E-state index in [4.69, 9.17) is 0 Å². The standard InChI is InChI=1S/C10H12N2O/c1-4-6-8-9(7-5-2)12(3)10(13)11-8/h4-7H,1-2H2,3H3,(H,11,13)/b8-6+,9-7+. The highest BCUT2D eigenvalue weighted by atomic mass is 16.1. The van der Waals surface area contributed by atoms with Crippen molar-refractivity contribution in [3.05, 3.63) is 46.5 Å². The van der Waals surface area contributed by atoms with E-state index in [0.717, 1.165) is 10.7 Å². The zero-order valence-corrected chi connectivity index (χ0v) is 7.58. The van der Waals surface area contributed by atoms with Gasteiger partial charge in [0.1, 0.15) is 0 Å². The van der Waals surface area contributed by atoms with Gasteiger partial charge in [-0.3, -0.25) is 4.57 Å². The Hall–Kier alpha value is -1.77. The molecule has 0 radical (unpaired) electrons. The lowest BCUT2D eigenvalue weighted by atomic mass is 10.4. The van der Waals surface area contributed by atoms with Gasteiger partial charge in [0.25, 0.3) is 0 Å². The number of nitrogens with zero attached hydrogens (tertiary/aromatic N) is 1. The predicted molar refractivity (Wildman–Crippen MR) is 54.6 cm³/mol. The SMILES string of the molecule is C=C/C=c1/[nH]c(=O)n(C)/c1=C/C=C. The van der Waals surface area contributed by atoms with Gasteiger partial charge in [-0.05, 0) is 12.2 Å².